The van der Waals surface area contributed by atoms with Crippen LogP contribution in [0.4, 0.5) is 5.82 Å². The Hall–Kier alpha value is -1.09. The van der Waals surface area contributed by atoms with Crippen LogP contribution in [0.3, 0.4) is 0 Å². The Morgan fingerprint density at radius 3 is 2.83 bits per heavy atom. The summed E-state index contributed by atoms with van der Waals surface area (Å²) in [5.74, 6) is 1.00. The molecule has 0 saturated carbocycles. The Kier molecular flexibility index (Phi) is 4.23. The van der Waals surface area contributed by atoms with Crippen molar-refractivity contribution in [1.29, 1.82) is 0 Å². The molecular weight excluding hydrogens is 224 g/mol. The summed E-state index contributed by atoms with van der Waals surface area (Å²) in [5, 5.41) is 9.61. The molecule has 100 valence electrons. The van der Waals surface area contributed by atoms with Gasteiger partial charge in [-0.2, -0.15) is 0 Å². The van der Waals surface area contributed by atoms with Gasteiger partial charge in [0.25, 0.3) is 0 Å². The number of aliphatic hydroxyl groups excluding tert-OH is 1. The molecule has 1 fully saturated rings. The van der Waals surface area contributed by atoms with Gasteiger partial charge >= 0.3 is 0 Å². The van der Waals surface area contributed by atoms with Gasteiger partial charge in [0.05, 0.1) is 6.61 Å². The third-order valence-corrected chi connectivity index (χ3v) is 3.94. The van der Waals surface area contributed by atoms with Crippen LogP contribution in [0.15, 0.2) is 6.07 Å². The fourth-order valence-electron chi connectivity index (χ4n) is 2.87. The number of aryl methyl sites for hydroxylation is 2. The molecule has 1 N–H and O–H groups in total. The monoisotopic (exact) mass is 248 g/mol. The summed E-state index contributed by atoms with van der Waals surface area (Å²) in [5.41, 5.74) is 3.18. The SMILES string of the molecule is Cc1cc(C)c(CO)c(N2CCCCCC2C)n1. The minimum atomic E-state index is 0.0810. The van der Waals surface area contributed by atoms with Gasteiger partial charge in [-0.1, -0.05) is 12.8 Å². The Labute approximate surface area is 110 Å². The van der Waals surface area contributed by atoms with Gasteiger partial charge < -0.3 is 10.0 Å². The van der Waals surface area contributed by atoms with E-state index in [1.54, 1.807) is 0 Å². The van der Waals surface area contributed by atoms with Gasteiger partial charge in [0.2, 0.25) is 0 Å². The maximum atomic E-state index is 9.61. The van der Waals surface area contributed by atoms with E-state index in [1.807, 2.05) is 6.92 Å². The summed E-state index contributed by atoms with van der Waals surface area (Å²) in [6.45, 7) is 7.50. The van der Waals surface area contributed by atoms with Crippen LogP contribution >= 0.6 is 0 Å². The molecule has 1 aliphatic heterocycles. The fraction of sp³-hybridized carbons (Fsp3) is 0.667. The van der Waals surface area contributed by atoms with Crippen LogP contribution in [-0.4, -0.2) is 22.7 Å². The summed E-state index contributed by atoms with van der Waals surface area (Å²) in [7, 11) is 0. The van der Waals surface area contributed by atoms with Gasteiger partial charge in [0, 0.05) is 23.8 Å². The van der Waals surface area contributed by atoms with E-state index < -0.39 is 0 Å². The van der Waals surface area contributed by atoms with Crippen molar-refractivity contribution in [2.75, 3.05) is 11.4 Å². The number of hydrogen-bond donors (Lipinski definition) is 1. The zero-order valence-electron chi connectivity index (χ0n) is 11.7. The summed E-state index contributed by atoms with van der Waals surface area (Å²) >= 11 is 0. The zero-order valence-corrected chi connectivity index (χ0v) is 11.7. The molecule has 0 aliphatic carbocycles. The number of aromatic nitrogens is 1. The molecule has 0 amide bonds. The highest BCUT2D eigenvalue weighted by Crippen LogP contribution is 2.28. The van der Waals surface area contributed by atoms with E-state index in [0.29, 0.717) is 6.04 Å². The van der Waals surface area contributed by atoms with Gasteiger partial charge in [-0.25, -0.2) is 4.98 Å². The van der Waals surface area contributed by atoms with E-state index in [2.05, 4.69) is 29.8 Å². The molecule has 3 nitrogen and oxygen atoms in total. The second kappa shape index (κ2) is 5.70. The minimum absolute atomic E-state index is 0.0810. The second-order valence-corrected chi connectivity index (χ2v) is 5.43. The lowest BCUT2D eigenvalue weighted by molar-refractivity contribution is 0.280. The van der Waals surface area contributed by atoms with Crippen molar-refractivity contribution >= 4 is 5.82 Å². The maximum Gasteiger partial charge on any atom is 0.134 e. The van der Waals surface area contributed by atoms with Crippen LogP contribution < -0.4 is 4.90 Å². The Balaban J connectivity index is 2.41. The molecule has 1 aliphatic rings. The van der Waals surface area contributed by atoms with Crippen molar-refractivity contribution in [2.45, 2.75) is 59.1 Å². The van der Waals surface area contributed by atoms with Gasteiger partial charge in [-0.05, 0) is 45.2 Å². The first-order valence-electron chi connectivity index (χ1n) is 6.98. The Morgan fingerprint density at radius 2 is 2.11 bits per heavy atom. The molecule has 0 bridgehead atoms. The normalized spacial score (nSPS) is 20.9. The van der Waals surface area contributed by atoms with E-state index in [1.165, 1.54) is 25.7 Å². The van der Waals surface area contributed by atoms with E-state index in [4.69, 9.17) is 0 Å². The van der Waals surface area contributed by atoms with E-state index >= 15 is 0 Å². The second-order valence-electron chi connectivity index (χ2n) is 5.43. The molecule has 0 aromatic carbocycles. The molecule has 1 aromatic heterocycles. The van der Waals surface area contributed by atoms with E-state index in [-0.39, 0.29) is 6.61 Å². The molecule has 2 heterocycles. The number of rotatable bonds is 2. The fourth-order valence-corrected chi connectivity index (χ4v) is 2.87. The summed E-state index contributed by atoms with van der Waals surface area (Å²) in [6, 6.07) is 2.57. The molecule has 0 spiro atoms. The zero-order chi connectivity index (χ0) is 13.1. The van der Waals surface area contributed by atoms with Gasteiger partial charge in [-0.3, -0.25) is 0 Å². The molecule has 1 atom stereocenters. The first-order chi connectivity index (χ1) is 8.63. The van der Waals surface area contributed by atoms with Crippen molar-refractivity contribution in [3.63, 3.8) is 0 Å². The van der Waals surface area contributed by atoms with Crippen molar-refractivity contribution in [3.8, 4) is 0 Å². The lowest BCUT2D eigenvalue weighted by atomic mass is 10.1. The van der Waals surface area contributed by atoms with Crippen molar-refractivity contribution < 1.29 is 5.11 Å². The highest BCUT2D eigenvalue weighted by atomic mass is 16.3. The van der Waals surface area contributed by atoms with E-state index in [9.17, 15) is 5.11 Å². The molecule has 2 rings (SSSR count). The molecule has 18 heavy (non-hydrogen) atoms. The average molecular weight is 248 g/mol. The van der Waals surface area contributed by atoms with Gasteiger partial charge in [0.15, 0.2) is 0 Å². The number of anilines is 1. The molecule has 1 saturated heterocycles. The summed E-state index contributed by atoms with van der Waals surface area (Å²) in [4.78, 5) is 7.07. The van der Waals surface area contributed by atoms with Crippen LogP contribution in [0, 0.1) is 13.8 Å². The molecule has 1 unspecified atom stereocenters. The van der Waals surface area contributed by atoms with Crippen LogP contribution in [0.1, 0.15) is 49.4 Å². The predicted octanol–water partition coefficient (Wildman–Crippen LogP) is 2.96. The predicted molar refractivity (Wildman–Crippen MR) is 74.9 cm³/mol. The average Bonchev–Trinajstić information content (AvgIpc) is 2.53. The van der Waals surface area contributed by atoms with Crippen LogP contribution in [0.2, 0.25) is 0 Å². The van der Waals surface area contributed by atoms with Crippen LogP contribution in [0.5, 0.6) is 0 Å². The molecule has 3 heteroatoms. The van der Waals surface area contributed by atoms with Crippen LogP contribution in [0.25, 0.3) is 0 Å². The third kappa shape index (κ3) is 2.66. The largest absolute Gasteiger partial charge is 0.392 e. The highest BCUT2D eigenvalue weighted by molar-refractivity contribution is 5.52. The molecular formula is C15H24N2O. The first kappa shape index (κ1) is 13.3. The summed E-state index contributed by atoms with van der Waals surface area (Å²) < 4.78 is 0. The number of hydrogen-bond acceptors (Lipinski definition) is 3. The van der Waals surface area contributed by atoms with E-state index in [0.717, 1.165) is 29.2 Å². The van der Waals surface area contributed by atoms with Crippen LogP contribution in [-0.2, 0) is 6.61 Å². The summed E-state index contributed by atoms with van der Waals surface area (Å²) in [6.07, 6.45) is 5.06. The number of nitrogens with zero attached hydrogens (tertiary/aromatic N) is 2. The van der Waals surface area contributed by atoms with Gasteiger partial charge in [-0.15, -0.1) is 0 Å². The topological polar surface area (TPSA) is 36.4 Å². The lowest BCUT2D eigenvalue weighted by Gasteiger charge is -2.30. The number of aliphatic hydroxyl groups is 1. The number of pyridine rings is 1. The standard InChI is InChI=1S/C15H24N2O/c1-11-9-12(2)16-15(14(11)10-18)17-8-6-4-5-7-13(17)3/h9,13,18H,4-8,10H2,1-3H3. The Morgan fingerprint density at radius 1 is 1.33 bits per heavy atom. The van der Waals surface area contributed by atoms with Gasteiger partial charge in [0.1, 0.15) is 5.82 Å². The third-order valence-electron chi connectivity index (χ3n) is 3.94. The Bertz CT molecular complexity index is 417. The highest BCUT2D eigenvalue weighted by Gasteiger charge is 2.21. The van der Waals surface area contributed by atoms with Crippen molar-refractivity contribution in [1.82, 2.24) is 4.98 Å². The van der Waals surface area contributed by atoms with Crippen molar-refractivity contribution in [2.24, 2.45) is 0 Å². The minimum Gasteiger partial charge on any atom is -0.392 e. The first-order valence-corrected chi connectivity index (χ1v) is 6.98. The molecule has 1 aromatic rings. The quantitative estimate of drug-likeness (QED) is 0.874. The molecule has 0 radical (unpaired) electrons. The van der Waals surface area contributed by atoms with Crippen molar-refractivity contribution in [3.05, 3.63) is 22.9 Å². The lowest BCUT2D eigenvalue weighted by Crippen LogP contribution is -2.34. The smallest absolute Gasteiger partial charge is 0.134 e. The maximum absolute atomic E-state index is 9.61.